The van der Waals surface area contributed by atoms with Crippen LogP contribution in [0.5, 0.6) is 5.75 Å². The number of halogens is 1. The monoisotopic (exact) mass is 425 g/mol. The molecule has 5 heteroatoms. The van der Waals surface area contributed by atoms with Crippen LogP contribution in [0.4, 0.5) is 0 Å². The van der Waals surface area contributed by atoms with Crippen LogP contribution >= 0.6 is 0 Å². The molecule has 0 spiro atoms. The molecule has 0 radical (unpaired) electrons. The van der Waals surface area contributed by atoms with E-state index in [2.05, 4.69) is 58.4 Å². The van der Waals surface area contributed by atoms with Crippen molar-refractivity contribution < 1.29 is 26.9 Å². The molecule has 1 heterocycles. The number of carbonyl (C=O) groups excluding carboxylic acids is 1. The number of Topliss-reactive ketones (excluding diaryl/α,β-unsaturated/α-hetero) is 1. The first kappa shape index (κ1) is 23.1. The minimum absolute atomic E-state index is 0. The number of phenols is 1. The predicted octanol–water partition coefficient (Wildman–Crippen LogP) is 0.421. The summed E-state index contributed by atoms with van der Waals surface area (Å²) in [6.45, 7) is 16.8. The maximum absolute atomic E-state index is 12.9. The van der Waals surface area contributed by atoms with Gasteiger partial charge < -0.3 is 27.0 Å². The van der Waals surface area contributed by atoms with Crippen LogP contribution < -0.4 is 17.0 Å². The second-order valence-corrected chi connectivity index (χ2v) is 9.42. The van der Waals surface area contributed by atoms with E-state index >= 15 is 0 Å². The first-order valence-corrected chi connectivity index (χ1v) is 9.21. The van der Waals surface area contributed by atoms with Gasteiger partial charge in [0.15, 0.2) is 5.78 Å². The maximum atomic E-state index is 12.9. The second-order valence-electron chi connectivity index (χ2n) is 9.42. The summed E-state index contributed by atoms with van der Waals surface area (Å²) in [5.41, 5.74) is 1.98. The SMILES string of the molecule is CN1CCN(CC(=O)c2cc(C(C)(C)C)c(O)c(C(C)(C)C)c2)CC1.[Br-]. The van der Waals surface area contributed by atoms with E-state index in [9.17, 15) is 9.90 Å². The maximum Gasteiger partial charge on any atom is 0.176 e. The van der Waals surface area contributed by atoms with E-state index in [0.29, 0.717) is 17.9 Å². The molecule has 1 N–H and O–H groups in total. The number of rotatable bonds is 3. The highest BCUT2D eigenvalue weighted by molar-refractivity contribution is 5.98. The van der Waals surface area contributed by atoms with Crippen molar-refractivity contribution in [3.63, 3.8) is 0 Å². The number of ketones is 1. The molecule has 1 fully saturated rings. The summed E-state index contributed by atoms with van der Waals surface area (Å²) in [7, 11) is 2.12. The quantitative estimate of drug-likeness (QED) is 0.712. The number of likely N-dealkylation sites (N-methyl/N-ethyl adjacent to an activating group) is 1. The van der Waals surface area contributed by atoms with E-state index in [1.807, 2.05) is 12.1 Å². The Morgan fingerprint density at radius 3 is 1.77 bits per heavy atom. The van der Waals surface area contributed by atoms with E-state index < -0.39 is 0 Å². The van der Waals surface area contributed by atoms with Gasteiger partial charge in [-0.2, -0.15) is 0 Å². The average molecular weight is 426 g/mol. The molecule has 1 aliphatic heterocycles. The molecule has 26 heavy (non-hydrogen) atoms. The van der Waals surface area contributed by atoms with E-state index in [1.165, 1.54) is 0 Å². The number of phenolic OH excluding ortho intramolecular Hbond substituents is 1. The van der Waals surface area contributed by atoms with Crippen molar-refractivity contribution in [3.8, 4) is 5.75 Å². The van der Waals surface area contributed by atoms with Gasteiger partial charge in [0, 0.05) is 42.9 Å². The molecule has 0 aliphatic carbocycles. The summed E-state index contributed by atoms with van der Waals surface area (Å²) in [6, 6.07) is 3.78. The lowest BCUT2D eigenvalue weighted by Crippen LogP contribution is -3.00. The van der Waals surface area contributed by atoms with E-state index in [4.69, 9.17) is 0 Å². The van der Waals surface area contributed by atoms with Gasteiger partial charge in [-0.25, -0.2) is 0 Å². The van der Waals surface area contributed by atoms with Crippen molar-refractivity contribution in [1.82, 2.24) is 9.80 Å². The van der Waals surface area contributed by atoms with Gasteiger partial charge in [0.25, 0.3) is 0 Å². The van der Waals surface area contributed by atoms with Crippen LogP contribution in [0.25, 0.3) is 0 Å². The topological polar surface area (TPSA) is 43.8 Å². The predicted molar refractivity (Wildman–Crippen MR) is 104 cm³/mol. The van der Waals surface area contributed by atoms with Crippen LogP contribution in [-0.4, -0.2) is 60.5 Å². The fraction of sp³-hybridized carbons (Fsp3) is 0.667. The van der Waals surface area contributed by atoms with Crippen molar-refractivity contribution in [3.05, 3.63) is 28.8 Å². The minimum Gasteiger partial charge on any atom is -1.00 e. The van der Waals surface area contributed by atoms with Crippen molar-refractivity contribution in [1.29, 1.82) is 0 Å². The number of benzene rings is 1. The highest BCUT2D eigenvalue weighted by Crippen LogP contribution is 2.39. The lowest BCUT2D eigenvalue weighted by molar-refractivity contribution is -0.0000157. The molecule has 1 saturated heterocycles. The number of carbonyl (C=O) groups is 1. The van der Waals surface area contributed by atoms with Crippen molar-refractivity contribution in [2.75, 3.05) is 39.8 Å². The first-order chi connectivity index (χ1) is 11.4. The molecular formula is C21H34BrN2O2-. The summed E-state index contributed by atoms with van der Waals surface area (Å²) in [5.74, 6) is 0.469. The molecule has 148 valence electrons. The molecule has 4 nitrogen and oxygen atoms in total. The molecule has 0 aromatic heterocycles. The summed E-state index contributed by atoms with van der Waals surface area (Å²) >= 11 is 0. The molecule has 0 atom stereocenters. The molecule has 1 aliphatic rings. The third kappa shape index (κ3) is 5.54. The van der Waals surface area contributed by atoms with Gasteiger partial charge in [0.05, 0.1) is 6.54 Å². The largest absolute Gasteiger partial charge is 1.00 e. The summed E-state index contributed by atoms with van der Waals surface area (Å²) in [6.07, 6.45) is 0. The number of nitrogens with zero attached hydrogens (tertiary/aromatic N) is 2. The van der Waals surface area contributed by atoms with Crippen molar-refractivity contribution >= 4 is 5.78 Å². The number of piperazine rings is 1. The molecule has 0 saturated carbocycles. The zero-order valence-electron chi connectivity index (χ0n) is 17.3. The Bertz CT molecular complexity index is 601. The lowest BCUT2D eigenvalue weighted by atomic mass is 9.78. The average Bonchev–Trinajstić information content (AvgIpc) is 2.47. The molecule has 0 bridgehead atoms. The number of hydrogen-bond donors (Lipinski definition) is 1. The zero-order valence-corrected chi connectivity index (χ0v) is 18.9. The van der Waals surface area contributed by atoms with Gasteiger partial charge in [0.1, 0.15) is 5.75 Å². The number of aromatic hydroxyl groups is 1. The van der Waals surface area contributed by atoms with E-state index in [-0.39, 0.29) is 33.6 Å². The highest BCUT2D eigenvalue weighted by atomic mass is 79.9. The normalized spacial score (nSPS) is 17.0. The lowest BCUT2D eigenvalue weighted by Gasteiger charge is -2.32. The van der Waals surface area contributed by atoms with Gasteiger partial charge in [0.2, 0.25) is 0 Å². The molecular weight excluding hydrogens is 392 g/mol. The smallest absolute Gasteiger partial charge is 0.176 e. The van der Waals surface area contributed by atoms with Crippen LogP contribution in [0.2, 0.25) is 0 Å². The van der Waals surface area contributed by atoms with Crippen LogP contribution in [0.15, 0.2) is 12.1 Å². The standard InChI is InChI=1S/C21H34N2O2.BrH/c1-20(2,3)16-12-15(13-17(19(16)25)21(4,5)6)18(24)14-23-10-8-22(7)9-11-23;/h12-13,25H,8-11,14H2,1-7H3;1H/p-1. The van der Waals surface area contributed by atoms with Crippen LogP contribution in [0, 0.1) is 0 Å². The molecule has 1 aromatic carbocycles. The summed E-state index contributed by atoms with van der Waals surface area (Å²) in [4.78, 5) is 17.4. The fourth-order valence-corrected chi connectivity index (χ4v) is 3.24. The Labute approximate surface area is 169 Å². The van der Waals surface area contributed by atoms with Crippen LogP contribution in [-0.2, 0) is 10.8 Å². The van der Waals surface area contributed by atoms with Gasteiger partial charge in [-0.05, 0) is 30.0 Å². The zero-order chi connectivity index (χ0) is 19.0. The third-order valence-electron chi connectivity index (χ3n) is 5.01. The van der Waals surface area contributed by atoms with Crippen molar-refractivity contribution in [2.45, 2.75) is 52.4 Å². The van der Waals surface area contributed by atoms with Gasteiger partial charge in [-0.3, -0.25) is 9.69 Å². The Hall–Kier alpha value is -0.910. The summed E-state index contributed by atoms with van der Waals surface area (Å²) < 4.78 is 0. The Balaban J connectivity index is 0.00000338. The summed E-state index contributed by atoms with van der Waals surface area (Å²) in [5, 5.41) is 10.8. The van der Waals surface area contributed by atoms with Crippen LogP contribution in [0.1, 0.15) is 63.0 Å². The van der Waals surface area contributed by atoms with E-state index in [0.717, 1.165) is 37.3 Å². The third-order valence-corrected chi connectivity index (χ3v) is 5.01. The number of hydrogen-bond acceptors (Lipinski definition) is 4. The second kappa shape index (κ2) is 8.41. The van der Waals surface area contributed by atoms with Gasteiger partial charge in [-0.15, -0.1) is 0 Å². The highest BCUT2D eigenvalue weighted by Gasteiger charge is 2.28. The molecule has 2 rings (SSSR count). The molecule has 1 aromatic rings. The minimum atomic E-state index is -0.214. The Morgan fingerprint density at radius 1 is 0.962 bits per heavy atom. The first-order valence-electron chi connectivity index (χ1n) is 9.21. The van der Waals surface area contributed by atoms with Crippen molar-refractivity contribution in [2.24, 2.45) is 0 Å². The molecule has 0 unspecified atom stereocenters. The van der Waals surface area contributed by atoms with Gasteiger partial charge in [-0.1, -0.05) is 41.5 Å². The van der Waals surface area contributed by atoms with Crippen LogP contribution in [0.3, 0.4) is 0 Å². The van der Waals surface area contributed by atoms with Gasteiger partial charge >= 0.3 is 0 Å². The Kier molecular flexibility index (Phi) is 7.48. The molecule has 0 amide bonds. The van der Waals surface area contributed by atoms with E-state index in [1.54, 1.807) is 0 Å². The Morgan fingerprint density at radius 2 is 1.38 bits per heavy atom. The fourth-order valence-electron chi connectivity index (χ4n) is 3.24.